The van der Waals surface area contributed by atoms with Crippen molar-refractivity contribution < 1.29 is 0 Å². The second-order valence-corrected chi connectivity index (χ2v) is 4.74. The van der Waals surface area contributed by atoms with Crippen LogP contribution in [-0.2, 0) is 0 Å². The first-order valence-corrected chi connectivity index (χ1v) is 6.33. The number of benzene rings is 1. The summed E-state index contributed by atoms with van der Waals surface area (Å²) in [6.45, 7) is 0. The molecule has 1 atom stereocenters. The molecule has 1 unspecified atom stereocenters. The smallest absolute Gasteiger partial charge is 0.0702 e. The number of hydrogen-bond acceptors (Lipinski definition) is 3. The van der Waals surface area contributed by atoms with Gasteiger partial charge in [0, 0.05) is 24.0 Å². The highest BCUT2D eigenvalue weighted by Crippen LogP contribution is 2.27. The Labute approximate surface area is 116 Å². The first-order chi connectivity index (χ1) is 9.25. The number of aromatic nitrogens is 2. The van der Waals surface area contributed by atoms with Crippen molar-refractivity contribution in [2.24, 2.45) is 5.73 Å². The Bertz CT molecular complexity index is 727. The second-order valence-electron chi connectivity index (χ2n) is 4.33. The lowest BCUT2D eigenvalue weighted by atomic mass is 9.99. The number of nitrogens with zero attached hydrogens (tertiary/aromatic N) is 2. The maximum atomic E-state index is 6.28. The van der Waals surface area contributed by atoms with E-state index in [9.17, 15) is 0 Å². The molecule has 1 aromatic carbocycles. The Morgan fingerprint density at radius 2 is 2.00 bits per heavy atom. The van der Waals surface area contributed by atoms with Crippen molar-refractivity contribution in [1.29, 1.82) is 0 Å². The van der Waals surface area contributed by atoms with Gasteiger partial charge < -0.3 is 5.73 Å². The van der Waals surface area contributed by atoms with Crippen molar-refractivity contribution in [3.63, 3.8) is 0 Å². The van der Waals surface area contributed by atoms with Crippen LogP contribution in [0.25, 0.3) is 10.9 Å². The molecule has 4 heteroatoms. The molecule has 3 aromatic rings. The summed E-state index contributed by atoms with van der Waals surface area (Å²) in [5.74, 6) is 0. The standard InChI is InChI=1S/C15H12ClN3/c16-13-9-18-7-5-12(13)15(17)11-3-4-14-10(8-11)2-1-6-19-14/h1-9,15H,17H2. The molecule has 0 aliphatic heterocycles. The molecule has 2 aromatic heterocycles. The third-order valence-electron chi connectivity index (χ3n) is 3.13. The Balaban J connectivity index is 2.07. The molecule has 0 fully saturated rings. The molecular formula is C15H12ClN3. The normalized spacial score (nSPS) is 12.5. The van der Waals surface area contributed by atoms with Crippen molar-refractivity contribution in [2.45, 2.75) is 6.04 Å². The van der Waals surface area contributed by atoms with Crippen molar-refractivity contribution in [3.05, 3.63) is 71.1 Å². The minimum Gasteiger partial charge on any atom is -0.320 e. The summed E-state index contributed by atoms with van der Waals surface area (Å²) in [4.78, 5) is 8.27. The molecule has 94 valence electrons. The Hall–Kier alpha value is -1.97. The van der Waals surface area contributed by atoms with E-state index in [-0.39, 0.29) is 6.04 Å². The summed E-state index contributed by atoms with van der Waals surface area (Å²) in [5, 5.41) is 1.65. The second kappa shape index (κ2) is 4.96. The molecule has 2 N–H and O–H groups in total. The SMILES string of the molecule is NC(c1ccc2ncccc2c1)c1ccncc1Cl. The number of hydrogen-bond donors (Lipinski definition) is 1. The largest absolute Gasteiger partial charge is 0.320 e. The van der Waals surface area contributed by atoms with Gasteiger partial charge in [-0.3, -0.25) is 9.97 Å². The molecule has 2 heterocycles. The fourth-order valence-electron chi connectivity index (χ4n) is 2.11. The van der Waals surface area contributed by atoms with E-state index in [4.69, 9.17) is 17.3 Å². The van der Waals surface area contributed by atoms with Gasteiger partial charge in [-0.1, -0.05) is 23.7 Å². The number of fused-ring (bicyclic) bond motifs is 1. The monoisotopic (exact) mass is 269 g/mol. The highest BCUT2D eigenvalue weighted by molar-refractivity contribution is 6.31. The van der Waals surface area contributed by atoms with Gasteiger partial charge >= 0.3 is 0 Å². The summed E-state index contributed by atoms with van der Waals surface area (Å²) in [6.07, 6.45) is 5.09. The first-order valence-electron chi connectivity index (χ1n) is 5.95. The Morgan fingerprint density at radius 3 is 2.84 bits per heavy atom. The molecular weight excluding hydrogens is 258 g/mol. The fraction of sp³-hybridized carbons (Fsp3) is 0.0667. The molecule has 3 rings (SSSR count). The lowest BCUT2D eigenvalue weighted by Gasteiger charge is -2.14. The third-order valence-corrected chi connectivity index (χ3v) is 3.44. The molecule has 0 radical (unpaired) electrons. The molecule has 0 saturated carbocycles. The van der Waals surface area contributed by atoms with Gasteiger partial charge in [-0.25, -0.2) is 0 Å². The number of pyridine rings is 2. The summed E-state index contributed by atoms with van der Waals surface area (Å²) in [5.41, 5.74) is 9.12. The van der Waals surface area contributed by atoms with Gasteiger partial charge in [0.2, 0.25) is 0 Å². The van der Waals surface area contributed by atoms with Crippen molar-refractivity contribution in [1.82, 2.24) is 9.97 Å². The van der Waals surface area contributed by atoms with Gasteiger partial charge in [0.25, 0.3) is 0 Å². The van der Waals surface area contributed by atoms with Crippen LogP contribution < -0.4 is 5.73 Å². The van der Waals surface area contributed by atoms with E-state index in [0.29, 0.717) is 5.02 Å². The summed E-state index contributed by atoms with van der Waals surface area (Å²) < 4.78 is 0. The maximum Gasteiger partial charge on any atom is 0.0702 e. The molecule has 0 aliphatic carbocycles. The third kappa shape index (κ3) is 2.30. The Morgan fingerprint density at radius 1 is 1.11 bits per heavy atom. The van der Waals surface area contributed by atoms with Crippen LogP contribution in [0.4, 0.5) is 0 Å². The minimum atomic E-state index is -0.264. The molecule has 0 spiro atoms. The molecule has 19 heavy (non-hydrogen) atoms. The van der Waals surface area contributed by atoms with Crippen LogP contribution in [0.15, 0.2) is 55.0 Å². The highest BCUT2D eigenvalue weighted by Gasteiger charge is 2.12. The van der Waals surface area contributed by atoms with E-state index in [1.807, 2.05) is 36.4 Å². The highest BCUT2D eigenvalue weighted by atomic mass is 35.5. The summed E-state index contributed by atoms with van der Waals surface area (Å²) >= 11 is 6.13. The molecule has 0 aliphatic rings. The zero-order chi connectivity index (χ0) is 13.2. The average molecular weight is 270 g/mol. The van der Waals surface area contributed by atoms with Crippen LogP contribution in [0, 0.1) is 0 Å². The zero-order valence-corrected chi connectivity index (χ0v) is 10.9. The van der Waals surface area contributed by atoms with E-state index >= 15 is 0 Å². The van der Waals surface area contributed by atoms with Gasteiger partial charge in [0.15, 0.2) is 0 Å². The fourth-order valence-corrected chi connectivity index (χ4v) is 2.34. The van der Waals surface area contributed by atoms with Gasteiger partial charge in [-0.15, -0.1) is 0 Å². The molecule has 0 bridgehead atoms. The van der Waals surface area contributed by atoms with E-state index in [0.717, 1.165) is 22.0 Å². The number of halogens is 1. The first kappa shape index (κ1) is 12.1. The van der Waals surface area contributed by atoms with Crippen LogP contribution in [0.2, 0.25) is 5.02 Å². The lowest BCUT2D eigenvalue weighted by molar-refractivity contribution is 0.870. The molecule has 0 amide bonds. The van der Waals surface area contributed by atoms with Gasteiger partial charge in [0.1, 0.15) is 0 Å². The van der Waals surface area contributed by atoms with E-state index in [2.05, 4.69) is 9.97 Å². The van der Waals surface area contributed by atoms with Crippen LogP contribution in [0.5, 0.6) is 0 Å². The molecule has 0 saturated heterocycles. The number of nitrogens with two attached hydrogens (primary N) is 1. The van der Waals surface area contributed by atoms with E-state index < -0.39 is 0 Å². The average Bonchev–Trinajstić information content (AvgIpc) is 2.46. The summed E-state index contributed by atoms with van der Waals surface area (Å²) in [6, 6.07) is 11.5. The van der Waals surface area contributed by atoms with Crippen LogP contribution >= 0.6 is 11.6 Å². The molecule has 3 nitrogen and oxygen atoms in total. The number of rotatable bonds is 2. The Kier molecular flexibility index (Phi) is 3.15. The van der Waals surface area contributed by atoms with Gasteiger partial charge in [-0.05, 0) is 35.4 Å². The predicted octanol–water partition coefficient (Wildman–Crippen LogP) is 3.33. The van der Waals surface area contributed by atoms with Crippen molar-refractivity contribution in [2.75, 3.05) is 0 Å². The topological polar surface area (TPSA) is 51.8 Å². The van der Waals surface area contributed by atoms with Crippen molar-refractivity contribution >= 4 is 22.5 Å². The predicted molar refractivity (Wildman–Crippen MR) is 77.0 cm³/mol. The lowest BCUT2D eigenvalue weighted by Crippen LogP contribution is -2.12. The van der Waals surface area contributed by atoms with E-state index in [1.165, 1.54) is 0 Å². The van der Waals surface area contributed by atoms with Crippen LogP contribution in [0.1, 0.15) is 17.2 Å². The van der Waals surface area contributed by atoms with Crippen LogP contribution in [-0.4, -0.2) is 9.97 Å². The maximum absolute atomic E-state index is 6.28. The van der Waals surface area contributed by atoms with Crippen LogP contribution in [0.3, 0.4) is 0 Å². The summed E-state index contributed by atoms with van der Waals surface area (Å²) in [7, 11) is 0. The quantitative estimate of drug-likeness (QED) is 0.776. The minimum absolute atomic E-state index is 0.264. The van der Waals surface area contributed by atoms with Gasteiger partial charge in [-0.2, -0.15) is 0 Å². The zero-order valence-electron chi connectivity index (χ0n) is 10.1. The van der Waals surface area contributed by atoms with E-state index in [1.54, 1.807) is 18.6 Å². The van der Waals surface area contributed by atoms with Crippen molar-refractivity contribution in [3.8, 4) is 0 Å². The van der Waals surface area contributed by atoms with Gasteiger partial charge in [0.05, 0.1) is 16.6 Å².